The average molecular weight is 298 g/mol. The molecule has 0 spiro atoms. The zero-order valence-corrected chi connectivity index (χ0v) is 12.1. The third-order valence-corrected chi connectivity index (χ3v) is 4.47. The van der Waals surface area contributed by atoms with Crippen LogP contribution in [0.3, 0.4) is 0 Å². The maximum Gasteiger partial charge on any atom is 0.143 e. The average Bonchev–Trinajstić information content (AvgIpc) is 2.60. The molecule has 1 unspecified atom stereocenters. The van der Waals surface area contributed by atoms with E-state index in [1.54, 1.807) is 0 Å². The van der Waals surface area contributed by atoms with Crippen molar-refractivity contribution in [3.05, 3.63) is 22.3 Å². The maximum atomic E-state index is 4.50. The van der Waals surface area contributed by atoms with Gasteiger partial charge in [0.2, 0.25) is 0 Å². The third kappa shape index (κ3) is 2.99. The van der Waals surface area contributed by atoms with Crippen molar-refractivity contribution in [3.63, 3.8) is 0 Å². The second-order valence-electron chi connectivity index (χ2n) is 4.71. The van der Waals surface area contributed by atoms with Crippen molar-refractivity contribution < 1.29 is 0 Å². The Morgan fingerprint density at radius 2 is 2.24 bits per heavy atom. The Kier molecular flexibility index (Phi) is 4.40. The molecule has 0 radical (unpaired) electrons. The van der Waals surface area contributed by atoms with Crippen LogP contribution in [-0.2, 0) is 0 Å². The molecule has 0 amide bonds. The number of aryl methyl sites for hydroxylation is 1. The van der Waals surface area contributed by atoms with E-state index in [1.807, 2.05) is 12.3 Å². The number of rotatable bonds is 2. The molecule has 1 aliphatic heterocycles. The van der Waals surface area contributed by atoms with Crippen LogP contribution in [0.15, 0.2) is 16.7 Å². The number of pyridine rings is 1. The van der Waals surface area contributed by atoms with E-state index < -0.39 is 0 Å². The summed E-state index contributed by atoms with van der Waals surface area (Å²) in [5.41, 5.74) is 1.24. The molecule has 2 rings (SSSR count). The van der Waals surface area contributed by atoms with Gasteiger partial charge in [0.1, 0.15) is 5.82 Å². The Morgan fingerprint density at radius 1 is 1.41 bits per heavy atom. The van der Waals surface area contributed by atoms with Gasteiger partial charge in [-0.2, -0.15) is 0 Å². The van der Waals surface area contributed by atoms with E-state index in [2.05, 4.69) is 45.1 Å². The van der Waals surface area contributed by atoms with Gasteiger partial charge in [0.15, 0.2) is 0 Å². The van der Waals surface area contributed by atoms with Crippen molar-refractivity contribution in [1.82, 2.24) is 10.3 Å². The molecular formula is C13H20BrN3. The van der Waals surface area contributed by atoms with E-state index in [0.717, 1.165) is 23.4 Å². The van der Waals surface area contributed by atoms with Gasteiger partial charge in [-0.15, -0.1) is 0 Å². The molecule has 4 heteroatoms. The fraction of sp³-hybridized carbons (Fsp3) is 0.615. The highest BCUT2D eigenvalue weighted by Gasteiger charge is 2.19. The van der Waals surface area contributed by atoms with Crippen molar-refractivity contribution >= 4 is 21.7 Å². The van der Waals surface area contributed by atoms with Crippen LogP contribution < -0.4 is 10.2 Å². The predicted octanol–water partition coefficient (Wildman–Crippen LogP) is 2.73. The van der Waals surface area contributed by atoms with Crippen LogP contribution in [-0.4, -0.2) is 31.2 Å². The minimum absolute atomic E-state index is 0.593. The van der Waals surface area contributed by atoms with E-state index in [0.29, 0.717) is 6.04 Å². The van der Waals surface area contributed by atoms with E-state index in [9.17, 15) is 0 Å². The van der Waals surface area contributed by atoms with Gasteiger partial charge in [0.25, 0.3) is 0 Å². The molecule has 94 valence electrons. The van der Waals surface area contributed by atoms with Crippen molar-refractivity contribution in [2.24, 2.45) is 0 Å². The van der Waals surface area contributed by atoms with Crippen LogP contribution in [0, 0.1) is 6.92 Å². The number of nitrogens with zero attached hydrogens (tertiary/aromatic N) is 2. The van der Waals surface area contributed by atoms with Crippen LogP contribution in [0.2, 0.25) is 0 Å². The predicted molar refractivity (Wildman–Crippen MR) is 75.6 cm³/mol. The summed E-state index contributed by atoms with van der Waals surface area (Å²) in [7, 11) is 2.16. The standard InChI is InChI=1S/C13H20BrN3/c1-10-5-9-16-13(12(10)14)17(2)11-4-3-7-15-8-6-11/h5,9,11,15H,3-4,6-8H2,1-2H3. The van der Waals surface area contributed by atoms with E-state index in [1.165, 1.54) is 24.8 Å². The molecule has 1 atom stereocenters. The fourth-order valence-corrected chi connectivity index (χ4v) is 2.85. The van der Waals surface area contributed by atoms with Crippen LogP contribution in [0.25, 0.3) is 0 Å². The summed E-state index contributed by atoms with van der Waals surface area (Å²) >= 11 is 3.65. The van der Waals surface area contributed by atoms with Crippen LogP contribution in [0.4, 0.5) is 5.82 Å². The number of anilines is 1. The molecule has 2 heterocycles. The molecular weight excluding hydrogens is 278 g/mol. The van der Waals surface area contributed by atoms with Gasteiger partial charge in [0, 0.05) is 19.3 Å². The topological polar surface area (TPSA) is 28.2 Å². The molecule has 1 aliphatic rings. The monoisotopic (exact) mass is 297 g/mol. The molecule has 1 fully saturated rings. The van der Waals surface area contributed by atoms with Gasteiger partial charge >= 0.3 is 0 Å². The highest BCUT2D eigenvalue weighted by atomic mass is 79.9. The second kappa shape index (κ2) is 5.83. The normalized spacial score (nSPS) is 21.0. The highest BCUT2D eigenvalue weighted by Crippen LogP contribution is 2.28. The SMILES string of the molecule is Cc1ccnc(N(C)C2CCCNCC2)c1Br. The molecule has 1 aromatic heterocycles. The van der Waals surface area contributed by atoms with Gasteiger partial charge < -0.3 is 10.2 Å². The molecule has 1 saturated heterocycles. The largest absolute Gasteiger partial charge is 0.356 e. The first kappa shape index (κ1) is 12.8. The Hall–Kier alpha value is -0.610. The van der Waals surface area contributed by atoms with Crippen molar-refractivity contribution in [1.29, 1.82) is 0 Å². The minimum atomic E-state index is 0.593. The first-order valence-electron chi connectivity index (χ1n) is 6.25. The number of hydrogen-bond acceptors (Lipinski definition) is 3. The lowest BCUT2D eigenvalue weighted by Gasteiger charge is -2.29. The summed E-state index contributed by atoms with van der Waals surface area (Å²) in [4.78, 5) is 6.83. The lowest BCUT2D eigenvalue weighted by molar-refractivity contribution is 0.562. The first-order chi connectivity index (χ1) is 8.20. The first-order valence-corrected chi connectivity index (χ1v) is 7.04. The molecule has 3 nitrogen and oxygen atoms in total. The molecule has 0 bridgehead atoms. The summed E-state index contributed by atoms with van der Waals surface area (Å²) in [6, 6.07) is 2.63. The number of nitrogens with one attached hydrogen (secondary N) is 1. The van der Waals surface area contributed by atoms with Gasteiger partial charge in [-0.3, -0.25) is 0 Å². The summed E-state index contributed by atoms with van der Waals surface area (Å²) in [5, 5.41) is 3.45. The zero-order chi connectivity index (χ0) is 12.3. The van der Waals surface area contributed by atoms with Crippen molar-refractivity contribution in [3.8, 4) is 0 Å². The number of halogens is 1. The third-order valence-electron chi connectivity index (χ3n) is 3.49. The molecule has 0 aliphatic carbocycles. The smallest absolute Gasteiger partial charge is 0.143 e. The highest BCUT2D eigenvalue weighted by molar-refractivity contribution is 9.10. The Bertz CT molecular complexity index is 373. The zero-order valence-electron chi connectivity index (χ0n) is 10.5. The summed E-state index contributed by atoms with van der Waals surface area (Å²) < 4.78 is 1.12. The lowest BCUT2D eigenvalue weighted by Crippen LogP contribution is -2.33. The second-order valence-corrected chi connectivity index (χ2v) is 5.50. The molecule has 1 N–H and O–H groups in total. The van der Waals surface area contributed by atoms with E-state index >= 15 is 0 Å². The quantitative estimate of drug-likeness (QED) is 0.910. The van der Waals surface area contributed by atoms with E-state index in [-0.39, 0.29) is 0 Å². The minimum Gasteiger partial charge on any atom is -0.356 e. The molecule has 1 aromatic rings. The Balaban J connectivity index is 2.17. The van der Waals surface area contributed by atoms with Gasteiger partial charge in [-0.1, -0.05) is 0 Å². The summed E-state index contributed by atoms with van der Waals surface area (Å²) in [6.07, 6.45) is 5.57. The maximum absolute atomic E-state index is 4.50. The van der Waals surface area contributed by atoms with Gasteiger partial charge in [-0.05, 0) is 66.8 Å². The molecule has 0 saturated carbocycles. The summed E-state index contributed by atoms with van der Waals surface area (Å²) in [5.74, 6) is 1.07. The number of aromatic nitrogens is 1. The Labute approximate surface area is 112 Å². The number of hydrogen-bond donors (Lipinski definition) is 1. The van der Waals surface area contributed by atoms with E-state index in [4.69, 9.17) is 0 Å². The van der Waals surface area contributed by atoms with Gasteiger partial charge in [0.05, 0.1) is 4.47 Å². The molecule has 17 heavy (non-hydrogen) atoms. The summed E-state index contributed by atoms with van der Waals surface area (Å²) in [6.45, 7) is 4.36. The van der Waals surface area contributed by atoms with Crippen molar-refractivity contribution in [2.75, 3.05) is 25.0 Å². The lowest BCUT2D eigenvalue weighted by atomic mass is 10.1. The van der Waals surface area contributed by atoms with Crippen LogP contribution in [0.1, 0.15) is 24.8 Å². The molecule has 0 aromatic carbocycles. The Morgan fingerprint density at radius 3 is 3.06 bits per heavy atom. The van der Waals surface area contributed by atoms with Crippen LogP contribution in [0.5, 0.6) is 0 Å². The van der Waals surface area contributed by atoms with Crippen LogP contribution >= 0.6 is 15.9 Å². The fourth-order valence-electron chi connectivity index (χ4n) is 2.33. The van der Waals surface area contributed by atoms with Crippen molar-refractivity contribution in [2.45, 2.75) is 32.2 Å². The van der Waals surface area contributed by atoms with Gasteiger partial charge in [-0.25, -0.2) is 4.98 Å².